The zero-order chi connectivity index (χ0) is 12.3. The van der Waals surface area contributed by atoms with Crippen molar-refractivity contribution in [2.75, 3.05) is 6.61 Å². The molecule has 0 aliphatic carbocycles. The second kappa shape index (κ2) is 4.86. The van der Waals surface area contributed by atoms with Crippen LogP contribution in [0.15, 0.2) is 29.4 Å². The van der Waals surface area contributed by atoms with Gasteiger partial charge in [-0.15, -0.1) is 0 Å². The highest BCUT2D eigenvalue weighted by Gasteiger charge is 2.22. The van der Waals surface area contributed by atoms with E-state index in [-0.39, 0.29) is 12.0 Å². The Balaban J connectivity index is 2.07. The van der Waals surface area contributed by atoms with Crippen LogP contribution >= 0.6 is 0 Å². The number of carbonyl (C=O) groups excluding carboxylic acids is 1. The zero-order valence-electron chi connectivity index (χ0n) is 9.77. The van der Waals surface area contributed by atoms with Crippen LogP contribution in [-0.4, -0.2) is 24.3 Å². The maximum atomic E-state index is 10.7. The third-order valence-electron chi connectivity index (χ3n) is 2.36. The van der Waals surface area contributed by atoms with E-state index < -0.39 is 0 Å². The van der Waals surface area contributed by atoms with Crippen molar-refractivity contribution in [2.45, 2.75) is 20.0 Å². The van der Waals surface area contributed by atoms with Gasteiger partial charge >= 0.3 is 0 Å². The van der Waals surface area contributed by atoms with Gasteiger partial charge in [0.25, 0.3) is 0 Å². The van der Waals surface area contributed by atoms with Gasteiger partial charge < -0.3 is 9.47 Å². The highest BCUT2D eigenvalue weighted by atomic mass is 16.6. The van der Waals surface area contributed by atoms with E-state index >= 15 is 0 Å². The van der Waals surface area contributed by atoms with Gasteiger partial charge in [-0.2, -0.15) is 5.10 Å². The highest BCUT2D eigenvalue weighted by molar-refractivity contribution is 5.88. The molecule has 1 heterocycles. The first-order valence-electron chi connectivity index (χ1n) is 5.36. The lowest BCUT2D eigenvalue weighted by atomic mass is 10.2. The van der Waals surface area contributed by atoms with Crippen molar-refractivity contribution in [2.24, 2.45) is 5.10 Å². The molecule has 5 heteroatoms. The first-order chi connectivity index (χ1) is 8.16. The minimum Gasteiger partial charge on any atom is -0.485 e. The Bertz CT molecular complexity index is 457. The van der Waals surface area contributed by atoms with Gasteiger partial charge in [-0.05, 0) is 19.1 Å². The molecule has 0 radical (unpaired) electrons. The summed E-state index contributed by atoms with van der Waals surface area (Å²) in [5.74, 6) is 1.22. The summed E-state index contributed by atoms with van der Waals surface area (Å²) in [5.41, 5.74) is 3.06. The number of rotatable bonds is 2. The number of amides is 1. The highest BCUT2D eigenvalue weighted by Crippen LogP contribution is 2.31. The molecule has 1 aliphatic heterocycles. The van der Waals surface area contributed by atoms with Crippen molar-refractivity contribution in [1.29, 1.82) is 0 Å². The summed E-state index contributed by atoms with van der Waals surface area (Å²) in [7, 11) is 0. The van der Waals surface area contributed by atoms with Crippen LogP contribution in [-0.2, 0) is 4.79 Å². The standard InChI is InChI=1S/C12H14N2O3/c1-8(13-14-9(2)15)12-7-16-10-5-3-4-6-11(10)17-12/h3-6,12H,7H2,1-2H3,(H,14,15)/b13-8-/t12-/m0/s1. The lowest BCUT2D eigenvalue weighted by Crippen LogP contribution is -2.36. The number of nitrogens with zero attached hydrogens (tertiary/aromatic N) is 1. The molecule has 1 N–H and O–H groups in total. The number of para-hydroxylation sites is 2. The molecule has 0 fully saturated rings. The van der Waals surface area contributed by atoms with Gasteiger partial charge in [0.15, 0.2) is 17.6 Å². The van der Waals surface area contributed by atoms with Crippen molar-refractivity contribution in [1.82, 2.24) is 5.43 Å². The minimum absolute atomic E-state index is 0.207. The SMILES string of the molecule is CC(=O)N/N=C(/C)[C@@H]1COc2ccccc2O1. The number of hydrogen-bond acceptors (Lipinski definition) is 4. The number of hydrogen-bond donors (Lipinski definition) is 1. The summed E-state index contributed by atoms with van der Waals surface area (Å²) in [6.45, 7) is 3.59. The number of fused-ring (bicyclic) bond motifs is 1. The van der Waals surface area contributed by atoms with Crippen molar-refractivity contribution < 1.29 is 14.3 Å². The fourth-order valence-corrected chi connectivity index (χ4v) is 1.46. The van der Waals surface area contributed by atoms with Crippen molar-refractivity contribution in [3.8, 4) is 11.5 Å². The lowest BCUT2D eigenvalue weighted by Gasteiger charge is -2.26. The van der Waals surface area contributed by atoms with E-state index in [1.807, 2.05) is 24.3 Å². The van der Waals surface area contributed by atoms with Gasteiger partial charge in [0.1, 0.15) is 6.61 Å². The summed E-state index contributed by atoms with van der Waals surface area (Å²) in [6.07, 6.45) is -0.267. The maximum Gasteiger partial charge on any atom is 0.236 e. The van der Waals surface area contributed by atoms with Crippen LogP contribution in [0.25, 0.3) is 0 Å². The van der Waals surface area contributed by atoms with Gasteiger partial charge in [0.2, 0.25) is 5.91 Å². The fraction of sp³-hybridized carbons (Fsp3) is 0.333. The second-order valence-corrected chi connectivity index (χ2v) is 3.79. The number of benzene rings is 1. The lowest BCUT2D eigenvalue weighted by molar-refractivity contribution is -0.118. The molecular formula is C12H14N2O3. The summed E-state index contributed by atoms with van der Waals surface area (Å²) in [5, 5.41) is 3.93. The maximum absolute atomic E-state index is 10.7. The first-order valence-corrected chi connectivity index (χ1v) is 5.36. The summed E-state index contributed by atoms with van der Waals surface area (Å²) in [6, 6.07) is 7.46. The topological polar surface area (TPSA) is 59.9 Å². The van der Waals surface area contributed by atoms with Gasteiger partial charge in [-0.25, -0.2) is 5.43 Å². The molecule has 1 aliphatic rings. The molecule has 5 nitrogen and oxygen atoms in total. The fourth-order valence-electron chi connectivity index (χ4n) is 1.46. The van der Waals surface area contributed by atoms with Gasteiger partial charge in [0, 0.05) is 6.92 Å². The van der Waals surface area contributed by atoms with E-state index in [1.54, 1.807) is 6.92 Å². The first kappa shape index (κ1) is 11.4. The average Bonchev–Trinajstić information content (AvgIpc) is 2.35. The Labute approximate surface area is 99.4 Å². The molecule has 0 bridgehead atoms. The van der Waals surface area contributed by atoms with Crippen molar-refractivity contribution in [3.63, 3.8) is 0 Å². The average molecular weight is 234 g/mol. The molecule has 1 aromatic carbocycles. The van der Waals surface area contributed by atoms with E-state index in [2.05, 4.69) is 10.5 Å². The Morgan fingerprint density at radius 3 is 2.76 bits per heavy atom. The third kappa shape index (κ3) is 2.75. The van der Waals surface area contributed by atoms with E-state index in [0.29, 0.717) is 18.1 Å². The molecule has 0 saturated heterocycles. The van der Waals surface area contributed by atoms with Gasteiger partial charge in [-0.3, -0.25) is 4.79 Å². The summed E-state index contributed by atoms with van der Waals surface area (Å²) >= 11 is 0. The van der Waals surface area contributed by atoms with Crippen LogP contribution in [0, 0.1) is 0 Å². The zero-order valence-corrected chi connectivity index (χ0v) is 9.77. The van der Waals surface area contributed by atoms with Crippen LogP contribution in [0.2, 0.25) is 0 Å². The van der Waals surface area contributed by atoms with E-state index in [1.165, 1.54) is 6.92 Å². The predicted molar refractivity (Wildman–Crippen MR) is 63.3 cm³/mol. The largest absolute Gasteiger partial charge is 0.485 e. The molecule has 2 rings (SSSR count). The second-order valence-electron chi connectivity index (χ2n) is 3.79. The monoisotopic (exact) mass is 234 g/mol. The molecule has 0 aromatic heterocycles. The van der Waals surface area contributed by atoms with E-state index in [9.17, 15) is 4.79 Å². The number of ether oxygens (including phenoxy) is 2. The third-order valence-corrected chi connectivity index (χ3v) is 2.36. The summed E-state index contributed by atoms with van der Waals surface area (Å²) in [4.78, 5) is 10.7. The van der Waals surface area contributed by atoms with Crippen LogP contribution < -0.4 is 14.9 Å². The smallest absolute Gasteiger partial charge is 0.236 e. The van der Waals surface area contributed by atoms with Crippen LogP contribution in [0.1, 0.15) is 13.8 Å². The van der Waals surface area contributed by atoms with E-state index in [0.717, 1.165) is 5.75 Å². The number of nitrogens with one attached hydrogen (secondary N) is 1. The Kier molecular flexibility index (Phi) is 3.27. The molecule has 1 atom stereocenters. The number of carbonyl (C=O) groups is 1. The molecule has 0 saturated carbocycles. The van der Waals surface area contributed by atoms with Crippen molar-refractivity contribution >= 4 is 11.6 Å². The molecule has 90 valence electrons. The van der Waals surface area contributed by atoms with Crippen LogP contribution in [0.5, 0.6) is 11.5 Å². The Morgan fingerprint density at radius 1 is 1.35 bits per heavy atom. The normalized spacial score (nSPS) is 18.7. The minimum atomic E-state index is -0.267. The molecule has 0 spiro atoms. The molecular weight excluding hydrogens is 220 g/mol. The Hall–Kier alpha value is -2.04. The number of hydrazone groups is 1. The predicted octanol–water partition coefficient (Wildman–Crippen LogP) is 1.34. The summed E-state index contributed by atoms with van der Waals surface area (Å²) < 4.78 is 11.3. The molecule has 1 aromatic rings. The molecule has 0 unspecified atom stereocenters. The van der Waals surface area contributed by atoms with Crippen molar-refractivity contribution in [3.05, 3.63) is 24.3 Å². The van der Waals surface area contributed by atoms with Gasteiger partial charge in [-0.1, -0.05) is 12.1 Å². The quantitative estimate of drug-likeness (QED) is 0.620. The Morgan fingerprint density at radius 2 is 2.06 bits per heavy atom. The van der Waals surface area contributed by atoms with Crippen LogP contribution in [0.3, 0.4) is 0 Å². The van der Waals surface area contributed by atoms with Crippen LogP contribution in [0.4, 0.5) is 0 Å². The molecule has 17 heavy (non-hydrogen) atoms. The molecule has 1 amide bonds. The van der Waals surface area contributed by atoms with E-state index in [4.69, 9.17) is 9.47 Å². The van der Waals surface area contributed by atoms with Gasteiger partial charge in [0.05, 0.1) is 5.71 Å².